The van der Waals surface area contributed by atoms with Gasteiger partial charge in [-0.15, -0.1) is 0 Å². The molecule has 5 heteroatoms. The van der Waals surface area contributed by atoms with Crippen LogP contribution in [0.1, 0.15) is 22.0 Å². The quantitative estimate of drug-likeness (QED) is 0.757. The van der Waals surface area contributed by atoms with Gasteiger partial charge < -0.3 is 10.3 Å². The minimum Gasteiger partial charge on any atom is -0.361 e. The predicted octanol–water partition coefficient (Wildman–Crippen LogP) is 3.02. The van der Waals surface area contributed by atoms with E-state index in [1.165, 1.54) is 0 Å². The van der Waals surface area contributed by atoms with Gasteiger partial charge in [-0.25, -0.2) is 0 Å². The number of carbonyl (C=O) groups is 1. The summed E-state index contributed by atoms with van der Waals surface area (Å²) in [5.41, 5.74) is 2.36. The minimum absolute atomic E-state index is 0.169. The summed E-state index contributed by atoms with van der Waals surface area (Å²) in [7, 11) is -1.01. The molecule has 3 rings (SSSR count). The lowest BCUT2D eigenvalue weighted by Gasteiger charge is -2.18. The summed E-state index contributed by atoms with van der Waals surface area (Å²) >= 11 is 0. The van der Waals surface area contributed by atoms with Crippen LogP contribution < -0.4 is 5.32 Å². The third-order valence-electron chi connectivity index (χ3n) is 3.74. The van der Waals surface area contributed by atoms with E-state index < -0.39 is 10.8 Å². The highest BCUT2D eigenvalue weighted by atomic mass is 32.2. The summed E-state index contributed by atoms with van der Waals surface area (Å²) in [5.74, 6) is 0.216. The molecule has 1 aromatic heterocycles. The Bertz CT molecular complexity index is 842. The molecular formula is C18H18N2O2S. The Balaban J connectivity index is 1.89. The maximum absolute atomic E-state index is 12.7. The lowest BCUT2D eigenvalue weighted by molar-refractivity contribution is 0.0942. The first-order valence-corrected chi connectivity index (χ1v) is 9.10. The monoisotopic (exact) mass is 326 g/mol. The molecule has 118 valence electrons. The van der Waals surface area contributed by atoms with E-state index in [2.05, 4.69) is 10.3 Å². The average molecular weight is 326 g/mol. The van der Waals surface area contributed by atoms with Gasteiger partial charge in [0.15, 0.2) is 0 Å². The smallest absolute Gasteiger partial charge is 0.253 e. The third-order valence-corrected chi connectivity index (χ3v) is 4.54. The van der Waals surface area contributed by atoms with Gasteiger partial charge in [-0.3, -0.25) is 9.00 Å². The van der Waals surface area contributed by atoms with E-state index in [1.807, 2.05) is 54.7 Å². The Labute approximate surface area is 137 Å². The largest absolute Gasteiger partial charge is 0.361 e. The fourth-order valence-corrected chi connectivity index (χ4v) is 3.40. The van der Waals surface area contributed by atoms with Gasteiger partial charge in [0.25, 0.3) is 5.91 Å². The summed E-state index contributed by atoms with van der Waals surface area (Å²) in [6, 6.07) is 16.9. The predicted molar refractivity (Wildman–Crippen MR) is 93.9 cm³/mol. The highest BCUT2D eigenvalue weighted by Crippen LogP contribution is 2.19. The molecule has 0 aliphatic heterocycles. The second-order valence-corrected chi connectivity index (χ2v) is 6.90. The summed E-state index contributed by atoms with van der Waals surface area (Å²) < 4.78 is 11.7. The third kappa shape index (κ3) is 3.51. The Kier molecular flexibility index (Phi) is 4.57. The van der Waals surface area contributed by atoms with Gasteiger partial charge in [-0.1, -0.05) is 42.5 Å². The van der Waals surface area contributed by atoms with Crippen molar-refractivity contribution in [2.45, 2.75) is 6.04 Å². The Morgan fingerprint density at radius 1 is 1.13 bits per heavy atom. The number of carbonyl (C=O) groups excluding carboxylic acids is 1. The number of fused-ring (bicyclic) bond motifs is 1. The van der Waals surface area contributed by atoms with Gasteiger partial charge >= 0.3 is 0 Å². The molecule has 0 unspecified atom stereocenters. The molecule has 1 amide bonds. The molecule has 0 aliphatic carbocycles. The van der Waals surface area contributed by atoms with Crippen molar-refractivity contribution in [2.24, 2.45) is 0 Å². The van der Waals surface area contributed by atoms with E-state index in [0.717, 1.165) is 16.5 Å². The van der Waals surface area contributed by atoms with E-state index in [1.54, 1.807) is 12.3 Å². The molecule has 0 fully saturated rings. The number of aromatic nitrogens is 1. The summed E-state index contributed by atoms with van der Waals surface area (Å²) in [6.07, 6.45) is 3.46. The molecule has 0 spiro atoms. The second kappa shape index (κ2) is 6.79. The first kappa shape index (κ1) is 15.5. The van der Waals surface area contributed by atoms with Crippen LogP contribution in [0.4, 0.5) is 0 Å². The molecule has 4 nitrogen and oxygen atoms in total. The highest BCUT2D eigenvalue weighted by Gasteiger charge is 2.18. The zero-order valence-corrected chi connectivity index (χ0v) is 13.6. The number of hydrogen-bond donors (Lipinski definition) is 2. The summed E-state index contributed by atoms with van der Waals surface area (Å²) in [4.78, 5) is 15.8. The number of para-hydroxylation sites is 1. The van der Waals surface area contributed by atoms with Crippen LogP contribution >= 0.6 is 0 Å². The molecule has 0 saturated heterocycles. The first-order chi connectivity index (χ1) is 11.1. The van der Waals surface area contributed by atoms with Crippen molar-refractivity contribution in [3.05, 3.63) is 71.9 Å². The van der Waals surface area contributed by atoms with E-state index >= 15 is 0 Å². The van der Waals surface area contributed by atoms with Crippen molar-refractivity contribution < 1.29 is 9.00 Å². The molecule has 3 aromatic rings. The van der Waals surface area contributed by atoms with Crippen LogP contribution in [0, 0.1) is 0 Å². The Hall–Kier alpha value is -2.40. The molecule has 0 radical (unpaired) electrons. The van der Waals surface area contributed by atoms with Crippen LogP contribution in [0.2, 0.25) is 0 Å². The second-order valence-electron chi connectivity index (χ2n) is 5.42. The van der Waals surface area contributed by atoms with E-state index in [9.17, 15) is 9.00 Å². The molecule has 1 heterocycles. The van der Waals surface area contributed by atoms with Crippen LogP contribution in [-0.4, -0.2) is 27.1 Å². The van der Waals surface area contributed by atoms with Crippen LogP contribution in [-0.2, 0) is 10.8 Å². The number of hydrogen-bond acceptors (Lipinski definition) is 2. The molecule has 23 heavy (non-hydrogen) atoms. The lowest BCUT2D eigenvalue weighted by atomic mass is 10.1. The van der Waals surface area contributed by atoms with Crippen LogP contribution in [0.3, 0.4) is 0 Å². The number of nitrogens with one attached hydrogen (secondary N) is 2. The summed E-state index contributed by atoms with van der Waals surface area (Å²) in [5, 5.41) is 4.00. The zero-order valence-electron chi connectivity index (χ0n) is 12.8. The maximum atomic E-state index is 12.7. The van der Waals surface area contributed by atoms with Gasteiger partial charge in [-0.05, 0) is 17.7 Å². The molecule has 2 aromatic carbocycles. The SMILES string of the molecule is C[S@@](=O)C[C@@H](NC(=O)c1cccc2cc[nH]c12)c1ccccc1. The maximum Gasteiger partial charge on any atom is 0.253 e. The van der Waals surface area contributed by atoms with Gasteiger partial charge in [0.05, 0.1) is 17.1 Å². The van der Waals surface area contributed by atoms with Crippen molar-refractivity contribution in [1.29, 1.82) is 0 Å². The number of benzene rings is 2. The summed E-state index contributed by atoms with van der Waals surface area (Å²) in [6.45, 7) is 0. The van der Waals surface area contributed by atoms with Crippen molar-refractivity contribution in [3.8, 4) is 0 Å². The van der Waals surface area contributed by atoms with Gasteiger partial charge in [0, 0.05) is 34.4 Å². The molecule has 0 aliphatic rings. The van der Waals surface area contributed by atoms with E-state index in [4.69, 9.17) is 0 Å². The number of aromatic amines is 1. The van der Waals surface area contributed by atoms with Crippen molar-refractivity contribution >= 4 is 27.6 Å². The molecular weight excluding hydrogens is 308 g/mol. The van der Waals surface area contributed by atoms with E-state index in [0.29, 0.717) is 11.3 Å². The number of rotatable bonds is 5. The standard InChI is InChI=1S/C18H18N2O2S/c1-23(22)12-16(13-6-3-2-4-7-13)20-18(21)15-9-5-8-14-10-11-19-17(14)15/h2-11,16,19H,12H2,1H3,(H,20,21)/t16-,23-/m1/s1. The fourth-order valence-electron chi connectivity index (χ4n) is 2.65. The Morgan fingerprint density at radius 3 is 2.65 bits per heavy atom. The number of H-pyrrole nitrogens is 1. The molecule has 2 N–H and O–H groups in total. The first-order valence-electron chi connectivity index (χ1n) is 7.37. The zero-order chi connectivity index (χ0) is 16.2. The molecule has 2 atom stereocenters. The van der Waals surface area contributed by atoms with Crippen molar-refractivity contribution in [1.82, 2.24) is 10.3 Å². The Morgan fingerprint density at radius 2 is 1.91 bits per heavy atom. The average Bonchev–Trinajstić information content (AvgIpc) is 3.03. The molecule has 0 saturated carbocycles. The van der Waals surface area contributed by atoms with Gasteiger partial charge in [0.2, 0.25) is 0 Å². The van der Waals surface area contributed by atoms with E-state index in [-0.39, 0.29) is 11.9 Å². The fraction of sp³-hybridized carbons (Fsp3) is 0.167. The van der Waals surface area contributed by atoms with Crippen LogP contribution in [0.25, 0.3) is 10.9 Å². The normalized spacial score (nSPS) is 13.6. The highest BCUT2D eigenvalue weighted by molar-refractivity contribution is 7.84. The van der Waals surface area contributed by atoms with Crippen molar-refractivity contribution in [3.63, 3.8) is 0 Å². The topological polar surface area (TPSA) is 62.0 Å². The van der Waals surface area contributed by atoms with Crippen LogP contribution in [0.5, 0.6) is 0 Å². The van der Waals surface area contributed by atoms with Crippen molar-refractivity contribution in [2.75, 3.05) is 12.0 Å². The van der Waals surface area contributed by atoms with Crippen LogP contribution in [0.15, 0.2) is 60.8 Å². The van der Waals surface area contributed by atoms with Gasteiger partial charge in [-0.2, -0.15) is 0 Å². The minimum atomic E-state index is -1.01. The lowest BCUT2D eigenvalue weighted by Crippen LogP contribution is -2.32. The van der Waals surface area contributed by atoms with Gasteiger partial charge in [0.1, 0.15) is 0 Å². The molecule has 0 bridgehead atoms. The number of amides is 1.